The second-order valence-electron chi connectivity index (χ2n) is 5.92. The number of aliphatic hydroxyl groups excluding tert-OH is 1. The Morgan fingerprint density at radius 3 is 1.83 bits per heavy atom. The number of esters is 2. The summed E-state index contributed by atoms with van der Waals surface area (Å²) >= 11 is 0. The Balaban J connectivity index is 5.34. The van der Waals surface area contributed by atoms with Crippen molar-refractivity contribution in [3.05, 3.63) is 0 Å². The van der Waals surface area contributed by atoms with Crippen molar-refractivity contribution >= 4 is 23.8 Å². The van der Waals surface area contributed by atoms with Crippen LogP contribution in [-0.4, -0.2) is 55.2 Å². The van der Waals surface area contributed by atoms with E-state index < -0.39 is 47.7 Å². The van der Waals surface area contributed by atoms with Crippen molar-refractivity contribution in [2.45, 2.75) is 39.3 Å². The van der Waals surface area contributed by atoms with Crippen molar-refractivity contribution in [2.75, 3.05) is 14.2 Å². The summed E-state index contributed by atoms with van der Waals surface area (Å²) in [5.41, 5.74) is 5.27. The molecule has 0 rings (SSSR count). The molecule has 0 aromatic heterocycles. The van der Waals surface area contributed by atoms with Gasteiger partial charge in [-0.25, -0.2) is 0 Å². The smallest absolute Gasteiger partial charge is 0.320 e. The molecule has 0 bridgehead atoms. The molecule has 4 N–H and O–H groups in total. The van der Waals surface area contributed by atoms with E-state index in [1.807, 2.05) is 13.8 Å². The molecule has 0 aliphatic carbocycles. The van der Waals surface area contributed by atoms with Crippen molar-refractivity contribution < 1.29 is 33.8 Å². The van der Waals surface area contributed by atoms with E-state index in [2.05, 4.69) is 14.8 Å². The molecule has 3 atom stereocenters. The molecule has 0 heterocycles. The average Bonchev–Trinajstić information content (AvgIpc) is 2.50. The predicted molar refractivity (Wildman–Crippen MR) is 83.3 cm³/mol. The summed E-state index contributed by atoms with van der Waals surface area (Å²) in [7, 11) is 2.16. The first-order valence-electron chi connectivity index (χ1n) is 7.50. The van der Waals surface area contributed by atoms with Crippen LogP contribution in [0.25, 0.3) is 0 Å². The Labute approximate surface area is 140 Å². The summed E-state index contributed by atoms with van der Waals surface area (Å²) in [6.07, 6.45) is -1.16. The fraction of sp³-hybridized carbons (Fsp3) is 0.733. The van der Waals surface area contributed by atoms with Gasteiger partial charge in [0.2, 0.25) is 11.8 Å². The minimum absolute atomic E-state index is 0.0492. The molecule has 9 nitrogen and oxygen atoms in total. The first-order chi connectivity index (χ1) is 11.1. The van der Waals surface area contributed by atoms with E-state index in [-0.39, 0.29) is 12.3 Å². The number of aliphatic hydroxyl groups is 1. The van der Waals surface area contributed by atoms with Crippen molar-refractivity contribution in [3.8, 4) is 0 Å². The summed E-state index contributed by atoms with van der Waals surface area (Å²) in [5, 5.41) is 12.1. The Kier molecular flexibility index (Phi) is 8.97. The van der Waals surface area contributed by atoms with Gasteiger partial charge in [-0.3, -0.25) is 19.2 Å². The third-order valence-electron chi connectivity index (χ3n) is 3.56. The normalized spacial score (nSPS) is 14.7. The molecular weight excluding hydrogens is 320 g/mol. The first-order valence-corrected chi connectivity index (χ1v) is 7.50. The summed E-state index contributed by atoms with van der Waals surface area (Å²) in [6, 6.07) is -1.36. The first kappa shape index (κ1) is 21.8. The fourth-order valence-electron chi connectivity index (χ4n) is 2.24. The third-order valence-corrected chi connectivity index (χ3v) is 3.56. The highest BCUT2D eigenvalue weighted by atomic mass is 16.5. The van der Waals surface area contributed by atoms with E-state index in [0.717, 1.165) is 14.2 Å². The number of carbonyl (C=O) groups is 4. The molecule has 0 saturated heterocycles. The zero-order valence-electron chi connectivity index (χ0n) is 14.6. The topological polar surface area (TPSA) is 145 Å². The van der Waals surface area contributed by atoms with Gasteiger partial charge in [0.1, 0.15) is 12.1 Å². The molecule has 0 aromatic carbocycles. The lowest BCUT2D eigenvalue weighted by atomic mass is 9.86. The summed E-state index contributed by atoms with van der Waals surface area (Å²) < 4.78 is 9.07. The second-order valence-corrected chi connectivity index (χ2v) is 5.92. The SMILES string of the molecule is COC(=O)C(C(=O)OC)[C@@H](C)[C@@H](NC(=O)[C@H](O)CC(C)C)C(N)=O. The Morgan fingerprint density at radius 2 is 1.50 bits per heavy atom. The lowest BCUT2D eigenvalue weighted by Crippen LogP contribution is -2.54. The maximum absolute atomic E-state index is 12.0. The van der Waals surface area contributed by atoms with Crippen molar-refractivity contribution in [1.29, 1.82) is 0 Å². The van der Waals surface area contributed by atoms with Crippen LogP contribution < -0.4 is 11.1 Å². The van der Waals surface area contributed by atoms with E-state index in [0.29, 0.717) is 0 Å². The molecule has 24 heavy (non-hydrogen) atoms. The lowest BCUT2D eigenvalue weighted by Gasteiger charge is -2.27. The van der Waals surface area contributed by atoms with Crippen LogP contribution in [0.2, 0.25) is 0 Å². The molecule has 0 spiro atoms. The van der Waals surface area contributed by atoms with Gasteiger partial charge in [-0.1, -0.05) is 20.8 Å². The number of primary amides is 1. The molecule has 0 fully saturated rings. The number of amides is 2. The zero-order chi connectivity index (χ0) is 19.0. The van der Waals surface area contributed by atoms with E-state index in [9.17, 15) is 24.3 Å². The van der Waals surface area contributed by atoms with Gasteiger partial charge in [0.15, 0.2) is 5.92 Å². The van der Waals surface area contributed by atoms with Crippen molar-refractivity contribution in [2.24, 2.45) is 23.5 Å². The van der Waals surface area contributed by atoms with E-state index in [1.54, 1.807) is 0 Å². The van der Waals surface area contributed by atoms with Gasteiger partial charge < -0.3 is 25.6 Å². The summed E-state index contributed by atoms with van der Waals surface area (Å²) in [6.45, 7) is 5.01. The number of nitrogens with one attached hydrogen (secondary N) is 1. The Morgan fingerprint density at radius 1 is 1.04 bits per heavy atom. The van der Waals surface area contributed by atoms with Crippen LogP contribution >= 0.6 is 0 Å². The number of hydrogen-bond acceptors (Lipinski definition) is 7. The molecule has 0 aliphatic heterocycles. The highest BCUT2D eigenvalue weighted by Gasteiger charge is 2.41. The number of hydrogen-bond donors (Lipinski definition) is 3. The molecule has 0 unspecified atom stereocenters. The largest absolute Gasteiger partial charge is 0.468 e. The number of ether oxygens (including phenoxy) is 2. The van der Waals surface area contributed by atoms with Gasteiger partial charge in [-0.15, -0.1) is 0 Å². The highest BCUT2D eigenvalue weighted by Crippen LogP contribution is 2.20. The van der Waals surface area contributed by atoms with Crippen LogP contribution in [0.15, 0.2) is 0 Å². The third kappa shape index (κ3) is 6.15. The van der Waals surface area contributed by atoms with Crippen molar-refractivity contribution in [3.63, 3.8) is 0 Å². The quantitative estimate of drug-likeness (QED) is 0.357. The van der Waals surface area contributed by atoms with Crippen LogP contribution in [0, 0.1) is 17.8 Å². The molecule has 0 saturated carbocycles. The number of nitrogens with two attached hydrogens (primary N) is 1. The van der Waals surface area contributed by atoms with Crippen LogP contribution in [0.1, 0.15) is 27.2 Å². The molecule has 2 amide bonds. The van der Waals surface area contributed by atoms with Crippen LogP contribution in [0.3, 0.4) is 0 Å². The molecule has 0 radical (unpaired) electrons. The average molecular weight is 346 g/mol. The summed E-state index contributed by atoms with van der Waals surface area (Å²) in [5.74, 6) is -6.03. The standard InChI is InChI=1S/C15H26N2O7/c1-7(2)6-9(18)13(20)17-11(12(16)19)8(3)10(14(21)23-4)15(22)24-5/h7-11,18H,6H2,1-5H3,(H2,16,19)(H,17,20)/t8-,9-,11-/m1/s1. The maximum Gasteiger partial charge on any atom is 0.320 e. The number of methoxy groups -OCH3 is 2. The molecule has 0 aliphatic rings. The van der Waals surface area contributed by atoms with E-state index in [1.165, 1.54) is 6.92 Å². The monoisotopic (exact) mass is 346 g/mol. The van der Waals surface area contributed by atoms with Crippen LogP contribution in [0.5, 0.6) is 0 Å². The van der Waals surface area contributed by atoms with Gasteiger partial charge in [-0.05, 0) is 12.3 Å². The van der Waals surface area contributed by atoms with Crippen LogP contribution in [-0.2, 0) is 28.7 Å². The number of rotatable bonds is 9. The van der Waals surface area contributed by atoms with Crippen molar-refractivity contribution in [1.82, 2.24) is 5.32 Å². The highest BCUT2D eigenvalue weighted by molar-refractivity contribution is 5.97. The molecule has 138 valence electrons. The fourth-order valence-corrected chi connectivity index (χ4v) is 2.24. The predicted octanol–water partition coefficient (Wildman–Crippen LogP) is -1.04. The Bertz CT molecular complexity index is 462. The zero-order valence-corrected chi connectivity index (χ0v) is 14.6. The second kappa shape index (κ2) is 9.86. The number of carbonyl (C=O) groups excluding carboxylic acids is 4. The van der Waals surface area contributed by atoms with Gasteiger partial charge in [0.05, 0.1) is 14.2 Å². The van der Waals surface area contributed by atoms with Gasteiger partial charge >= 0.3 is 11.9 Å². The van der Waals surface area contributed by atoms with Crippen LogP contribution in [0.4, 0.5) is 0 Å². The van der Waals surface area contributed by atoms with Gasteiger partial charge in [0.25, 0.3) is 0 Å². The minimum atomic E-state index is -1.44. The van der Waals surface area contributed by atoms with Gasteiger partial charge in [0, 0.05) is 5.92 Å². The van der Waals surface area contributed by atoms with E-state index >= 15 is 0 Å². The van der Waals surface area contributed by atoms with E-state index in [4.69, 9.17) is 5.73 Å². The molecule has 9 heteroatoms. The minimum Gasteiger partial charge on any atom is -0.468 e. The molecule has 0 aromatic rings. The van der Waals surface area contributed by atoms with Gasteiger partial charge in [-0.2, -0.15) is 0 Å². The maximum atomic E-state index is 12.0. The molecular formula is C15H26N2O7. The Hall–Kier alpha value is -2.16. The summed E-state index contributed by atoms with van der Waals surface area (Å²) in [4.78, 5) is 47.3. The lowest BCUT2D eigenvalue weighted by molar-refractivity contribution is -0.162.